The Kier molecular flexibility index (Phi) is 8.67. The van der Waals surface area contributed by atoms with Crippen molar-refractivity contribution in [2.24, 2.45) is 0 Å². The fraction of sp³-hybridized carbons (Fsp3) is 0.0952. The molecule has 0 saturated carbocycles. The van der Waals surface area contributed by atoms with Gasteiger partial charge in [0.25, 0.3) is 0 Å². The molecule has 0 radical (unpaired) electrons. The summed E-state index contributed by atoms with van der Waals surface area (Å²) in [5.41, 5.74) is 5.34. The van der Waals surface area contributed by atoms with Crippen molar-refractivity contribution < 1.29 is 0 Å². The molecule has 0 aliphatic heterocycles. The van der Waals surface area contributed by atoms with Crippen LogP contribution in [0.2, 0.25) is 0 Å². The van der Waals surface area contributed by atoms with Crippen LogP contribution in [0.3, 0.4) is 0 Å². The van der Waals surface area contributed by atoms with Crippen LogP contribution in [-0.4, -0.2) is 0 Å². The molecule has 0 fully saturated rings. The molecule has 2 aliphatic rings. The fourth-order valence-electron chi connectivity index (χ4n) is 7.60. The second-order valence-corrected chi connectivity index (χ2v) is 15.8. The van der Waals surface area contributed by atoms with Crippen LogP contribution < -0.4 is 5.30 Å². The van der Waals surface area contributed by atoms with Gasteiger partial charge in [0.1, 0.15) is 0 Å². The van der Waals surface area contributed by atoms with Crippen LogP contribution >= 0.6 is 26.4 Å². The summed E-state index contributed by atoms with van der Waals surface area (Å²) in [5.74, 6) is 0.207. The summed E-state index contributed by atoms with van der Waals surface area (Å²) in [6.45, 7) is 0. The first-order chi connectivity index (χ1) is 22.2. The minimum atomic E-state index is -1.07. The average Bonchev–Trinajstić information content (AvgIpc) is 3.10. The van der Waals surface area contributed by atoms with Crippen molar-refractivity contribution in [2.45, 2.75) is 22.1 Å². The van der Waals surface area contributed by atoms with Gasteiger partial charge < -0.3 is 0 Å². The Morgan fingerprint density at radius 1 is 0.422 bits per heavy atom. The molecule has 0 N–H and O–H groups in total. The molecule has 45 heavy (non-hydrogen) atoms. The third-order valence-electron chi connectivity index (χ3n) is 9.32. The van der Waals surface area contributed by atoms with Gasteiger partial charge in [-0.05, 0) is 46.1 Å². The number of hydrogen-bond acceptors (Lipinski definition) is 0. The zero-order chi connectivity index (χ0) is 30.7. The zero-order valence-electron chi connectivity index (χ0n) is 25.2. The molecular formula is C42H37P3. The minimum Gasteiger partial charge on any atom is -0.109 e. The van der Waals surface area contributed by atoms with Gasteiger partial charge in [-0.2, -0.15) is 0 Å². The van der Waals surface area contributed by atoms with Gasteiger partial charge in [0.15, 0.2) is 0 Å². The summed E-state index contributed by atoms with van der Waals surface area (Å²) in [5, 5.41) is 3.21. The highest BCUT2D eigenvalue weighted by Crippen LogP contribution is 2.78. The molecule has 7 rings (SSSR count). The van der Waals surface area contributed by atoms with E-state index in [-0.39, 0.29) is 22.1 Å². The van der Waals surface area contributed by atoms with E-state index in [1.165, 1.54) is 38.2 Å². The van der Waals surface area contributed by atoms with Gasteiger partial charge in [-0.3, -0.25) is 0 Å². The van der Waals surface area contributed by atoms with Crippen LogP contribution in [0.15, 0.2) is 199 Å². The lowest BCUT2D eigenvalue weighted by Gasteiger charge is -2.57. The van der Waals surface area contributed by atoms with E-state index < -0.39 is 7.92 Å². The van der Waals surface area contributed by atoms with E-state index in [0.29, 0.717) is 0 Å². The second-order valence-electron chi connectivity index (χ2n) is 11.8. The summed E-state index contributed by atoms with van der Waals surface area (Å²) < 4.78 is 0. The first kappa shape index (κ1) is 30.0. The predicted molar refractivity (Wildman–Crippen MR) is 201 cm³/mol. The van der Waals surface area contributed by atoms with Crippen LogP contribution in [0.4, 0.5) is 0 Å². The Morgan fingerprint density at radius 2 is 0.756 bits per heavy atom. The Balaban J connectivity index is 1.66. The Labute approximate surface area is 273 Å². The molecule has 0 heterocycles. The fourth-order valence-corrected chi connectivity index (χ4v) is 13.3. The molecule has 2 aliphatic carbocycles. The van der Waals surface area contributed by atoms with E-state index in [1.807, 2.05) is 0 Å². The number of hydrogen-bond donors (Lipinski definition) is 0. The molecule has 0 nitrogen and oxygen atoms in total. The Bertz CT molecular complexity index is 1740. The Hall–Kier alpha value is -3.65. The third kappa shape index (κ3) is 5.25. The number of allylic oxidation sites excluding steroid dienone is 8. The van der Waals surface area contributed by atoms with E-state index >= 15 is 0 Å². The summed E-state index contributed by atoms with van der Waals surface area (Å²) >= 11 is 0. The standard InChI is InChI=1S/C42H37P3/c43-37-28-16-30-41(34-22-10-3-11-23-34,39(37)32-18-6-1-7-19-32)45(36-26-14-5-15-27-36)42(35-24-12-4-13-25-35)31-17-29-38(44)40(42)33-20-8-2-9-21-33/h1-31,39-40H,43-44H2. The lowest BCUT2D eigenvalue weighted by molar-refractivity contribution is 0.593. The highest BCUT2D eigenvalue weighted by molar-refractivity contribution is 7.68. The Morgan fingerprint density at radius 3 is 1.13 bits per heavy atom. The molecule has 6 unspecified atom stereocenters. The van der Waals surface area contributed by atoms with Gasteiger partial charge in [0.2, 0.25) is 0 Å². The smallest absolute Gasteiger partial charge is 0.0496 e. The van der Waals surface area contributed by atoms with Gasteiger partial charge in [-0.1, -0.05) is 188 Å². The van der Waals surface area contributed by atoms with E-state index in [9.17, 15) is 0 Å². The SMILES string of the molecule is PC1=CC=CC(c2ccccc2)(P(c2ccccc2)C2(c3ccccc3)C=CC=C(P)C2c2ccccc2)C1c1ccccc1. The van der Waals surface area contributed by atoms with Crippen molar-refractivity contribution in [3.05, 3.63) is 221 Å². The quantitative estimate of drug-likeness (QED) is 0.156. The molecule has 5 aromatic rings. The maximum atomic E-state index is 3.15. The maximum Gasteiger partial charge on any atom is 0.0496 e. The molecule has 3 heteroatoms. The lowest BCUT2D eigenvalue weighted by atomic mass is 9.76. The van der Waals surface area contributed by atoms with Crippen LogP contribution in [0.5, 0.6) is 0 Å². The van der Waals surface area contributed by atoms with Gasteiger partial charge in [-0.25, -0.2) is 0 Å². The van der Waals surface area contributed by atoms with Crippen molar-refractivity contribution in [1.29, 1.82) is 0 Å². The zero-order valence-corrected chi connectivity index (χ0v) is 28.4. The minimum absolute atomic E-state index is 0.103. The predicted octanol–water partition coefficient (Wildman–Crippen LogP) is 10.8. The van der Waals surface area contributed by atoms with Gasteiger partial charge in [-0.15, -0.1) is 18.5 Å². The monoisotopic (exact) mass is 634 g/mol. The lowest BCUT2D eigenvalue weighted by Crippen LogP contribution is -2.45. The summed E-state index contributed by atoms with van der Waals surface area (Å²) in [6, 6.07) is 56.3. The van der Waals surface area contributed by atoms with Crippen molar-refractivity contribution in [1.82, 2.24) is 0 Å². The van der Waals surface area contributed by atoms with Gasteiger partial charge >= 0.3 is 0 Å². The first-order valence-corrected chi connectivity index (χ1v) is 18.0. The normalized spacial score (nSPS) is 24.8. The third-order valence-corrected chi connectivity index (χ3v) is 14.0. The average molecular weight is 635 g/mol. The largest absolute Gasteiger partial charge is 0.109 e. The van der Waals surface area contributed by atoms with E-state index in [1.54, 1.807) is 0 Å². The molecule has 220 valence electrons. The summed E-state index contributed by atoms with van der Waals surface area (Å²) in [7, 11) is 5.22. The topological polar surface area (TPSA) is 0 Å². The summed E-state index contributed by atoms with van der Waals surface area (Å²) in [6.07, 6.45) is 14.3. The number of rotatable bonds is 7. The van der Waals surface area contributed by atoms with Crippen LogP contribution in [-0.2, 0) is 10.3 Å². The van der Waals surface area contributed by atoms with E-state index in [4.69, 9.17) is 0 Å². The molecule has 6 atom stereocenters. The molecular weight excluding hydrogens is 597 g/mol. The first-order valence-electron chi connectivity index (χ1n) is 15.5. The van der Waals surface area contributed by atoms with Crippen molar-refractivity contribution in [2.75, 3.05) is 0 Å². The van der Waals surface area contributed by atoms with Gasteiger partial charge in [0.05, 0.1) is 0 Å². The van der Waals surface area contributed by atoms with E-state index in [0.717, 1.165) is 0 Å². The second kappa shape index (κ2) is 13.0. The van der Waals surface area contributed by atoms with E-state index in [2.05, 4.69) is 207 Å². The highest BCUT2D eigenvalue weighted by Gasteiger charge is 2.59. The molecule has 5 aromatic carbocycles. The summed E-state index contributed by atoms with van der Waals surface area (Å²) in [4.78, 5) is 0. The van der Waals surface area contributed by atoms with Crippen molar-refractivity contribution in [3.63, 3.8) is 0 Å². The molecule has 0 saturated heterocycles. The van der Waals surface area contributed by atoms with Crippen LogP contribution in [0.25, 0.3) is 0 Å². The highest BCUT2D eigenvalue weighted by atomic mass is 31.1. The maximum absolute atomic E-state index is 3.15. The van der Waals surface area contributed by atoms with Crippen molar-refractivity contribution in [3.8, 4) is 0 Å². The molecule has 0 aromatic heterocycles. The van der Waals surface area contributed by atoms with Gasteiger partial charge in [0, 0.05) is 22.1 Å². The van der Waals surface area contributed by atoms with Crippen molar-refractivity contribution >= 4 is 31.7 Å². The van der Waals surface area contributed by atoms with Crippen LogP contribution in [0.1, 0.15) is 34.1 Å². The number of benzene rings is 5. The van der Waals surface area contributed by atoms with Crippen LogP contribution in [0, 0.1) is 0 Å². The molecule has 0 spiro atoms. The molecule has 0 bridgehead atoms. The molecule has 0 amide bonds.